The standard InChI is InChI=1S/C24H31N3O2/c1-19-6-8-21(9-7-19)18-26-24(29)23(28)25-15-14-20-10-12-22(13-11-20)27-16-4-2-3-5-17-27/h6-13H,2-5,14-18H2,1H3,(H,25,28)(H,26,29). The average Bonchev–Trinajstić information content (AvgIpc) is 3.03. The van der Waals surface area contributed by atoms with Gasteiger partial charge in [-0.15, -0.1) is 0 Å². The molecule has 0 aromatic heterocycles. The molecule has 1 saturated heterocycles. The number of hydrogen-bond donors (Lipinski definition) is 2. The molecule has 0 spiro atoms. The summed E-state index contributed by atoms with van der Waals surface area (Å²) in [4.78, 5) is 26.4. The molecule has 0 atom stereocenters. The zero-order valence-electron chi connectivity index (χ0n) is 17.2. The van der Waals surface area contributed by atoms with Crippen molar-refractivity contribution in [3.05, 3.63) is 65.2 Å². The molecule has 1 fully saturated rings. The molecule has 0 saturated carbocycles. The molecule has 5 nitrogen and oxygen atoms in total. The molecule has 29 heavy (non-hydrogen) atoms. The Hall–Kier alpha value is -2.82. The lowest BCUT2D eigenvalue weighted by atomic mass is 10.1. The van der Waals surface area contributed by atoms with Gasteiger partial charge in [0.05, 0.1) is 0 Å². The van der Waals surface area contributed by atoms with E-state index in [2.05, 4.69) is 39.8 Å². The molecule has 0 radical (unpaired) electrons. The van der Waals surface area contributed by atoms with E-state index in [1.807, 2.05) is 31.2 Å². The maximum Gasteiger partial charge on any atom is 0.309 e. The number of rotatable bonds is 6. The van der Waals surface area contributed by atoms with E-state index < -0.39 is 11.8 Å². The Labute approximate surface area is 173 Å². The number of aryl methyl sites for hydroxylation is 1. The number of anilines is 1. The molecule has 5 heteroatoms. The Morgan fingerprint density at radius 3 is 2.03 bits per heavy atom. The predicted molar refractivity (Wildman–Crippen MR) is 117 cm³/mol. The highest BCUT2D eigenvalue weighted by molar-refractivity contribution is 6.35. The molecule has 2 aromatic rings. The number of amides is 2. The molecule has 1 heterocycles. The molecule has 1 aliphatic heterocycles. The van der Waals surface area contributed by atoms with Gasteiger partial charge in [-0.3, -0.25) is 9.59 Å². The van der Waals surface area contributed by atoms with E-state index in [0.29, 0.717) is 19.5 Å². The third-order valence-corrected chi connectivity index (χ3v) is 5.39. The molecule has 2 amide bonds. The number of nitrogens with one attached hydrogen (secondary N) is 2. The van der Waals surface area contributed by atoms with E-state index in [-0.39, 0.29) is 0 Å². The molecule has 0 aliphatic carbocycles. The highest BCUT2D eigenvalue weighted by Crippen LogP contribution is 2.20. The van der Waals surface area contributed by atoms with Crippen molar-refractivity contribution in [1.82, 2.24) is 10.6 Å². The lowest BCUT2D eigenvalue weighted by Crippen LogP contribution is -2.40. The van der Waals surface area contributed by atoms with Crippen molar-refractivity contribution in [2.75, 3.05) is 24.5 Å². The molecule has 2 N–H and O–H groups in total. The van der Waals surface area contributed by atoms with Crippen molar-refractivity contribution in [2.45, 2.75) is 45.6 Å². The van der Waals surface area contributed by atoms with Crippen LogP contribution < -0.4 is 15.5 Å². The average molecular weight is 394 g/mol. The lowest BCUT2D eigenvalue weighted by Gasteiger charge is -2.22. The summed E-state index contributed by atoms with van der Waals surface area (Å²) in [6, 6.07) is 16.4. The summed E-state index contributed by atoms with van der Waals surface area (Å²) in [5, 5.41) is 5.36. The van der Waals surface area contributed by atoms with Crippen LogP contribution in [0.5, 0.6) is 0 Å². The fourth-order valence-electron chi connectivity index (χ4n) is 3.57. The Morgan fingerprint density at radius 2 is 1.38 bits per heavy atom. The van der Waals surface area contributed by atoms with Gasteiger partial charge in [0, 0.05) is 31.9 Å². The van der Waals surface area contributed by atoms with Crippen molar-refractivity contribution in [3.63, 3.8) is 0 Å². The number of nitrogens with zero attached hydrogens (tertiary/aromatic N) is 1. The third kappa shape index (κ3) is 6.63. The van der Waals surface area contributed by atoms with Crippen molar-refractivity contribution >= 4 is 17.5 Å². The zero-order chi connectivity index (χ0) is 20.5. The summed E-state index contributed by atoms with van der Waals surface area (Å²) in [5.74, 6) is -1.18. The molecule has 3 rings (SSSR count). The summed E-state index contributed by atoms with van der Waals surface area (Å²) < 4.78 is 0. The van der Waals surface area contributed by atoms with E-state index in [1.54, 1.807) is 0 Å². The summed E-state index contributed by atoms with van der Waals surface area (Å²) in [6.07, 6.45) is 5.89. The normalized spacial score (nSPS) is 14.2. The first-order valence-corrected chi connectivity index (χ1v) is 10.6. The van der Waals surface area contributed by atoms with E-state index in [1.165, 1.54) is 31.4 Å². The van der Waals surface area contributed by atoms with Crippen LogP contribution in [0.4, 0.5) is 5.69 Å². The second kappa shape index (κ2) is 10.6. The Balaban J connectivity index is 1.38. The van der Waals surface area contributed by atoms with Gasteiger partial charge in [-0.2, -0.15) is 0 Å². The highest BCUT2D eigenvalue weighted by atomic mass is 16.2. The number of carbonyl (C=O) groups excluding carboxylic acids is 2. The van der Waals surface area contributed by atoms with Gasteiger partial charge in [0.15, 0.2) is 0 Å². The topological polar surface area (TPSA) is 61.4 Å². The van der Waals surface area contributed by atoms with Crippen LogP contribution in [0.15, 0.2) is 48.5 Å². The smallest absolute Gasteiger partial charge is 0.309 e. The van der Waals surface area contributed by atoms with Crippen LogP contribution in [0.1, 0.15) is 42.4 Å². The lowest BCUT2D eigenvalue weighted by molar-refractivity contribution is -0.139. The molecular weight excluding hydrogens is 362 g/mol. The Morgan fingerprint density at radius 1 is 0.793 bits per heavy atom. The van der Waals surface area contributed by atoms with E-state index in [9.17, 15) is 9.59 Å². The third-order valence-electron chi connectivity index (χ3n) is 5.39. The zero-order valence-corrected chi connectivity index (χ0v) is 17.2. The minimum atomic E-state index is -0.595. The molecule has 0 bridgehead atoms. The fraction of sp³-hybridized carbons (Fsp3) is 0.417. The van der Waals surface area contributed by atoms with Crippen molar-refractivity contribution in [1.29, 1.82) is 0 Å². The number of benzene rings is 2. The van der Waals surface area contributed by atoms with Crippen LogP contribution in [-0.2, 0) is 22.6 Å². The van der Waals surface area contributed by atoms with Gasteiger partial charge in [0.25, 0.3) is 0 Å². The van der Waals surface area contributed by atoms with Gasteiger partial charge >= 0.3 is 11.8 Å². The van der Waals surface area contributed by atoms with Crippen molar-refractivity contribution in [3.8, 4) is 0 Å². The Kier molecular flexibility index (Phi) is 7.68. The Bertz CT molecular complexity index is 792. The molecule has 154 valence electrons. The minimum absolute atomic E-state index is 0.352. The van der Waals surface area contributed by atoms with Crippen LogP contribution in [0.2, 0.25) is 0 Å². The van der Waals surface area contributed by atoms with Crippen molar-refractivity contribution in [2.24, 2.45) is 0 Å². The number of carbonyl (C=O) groups is 2. The van der Waals surface area contributed by atoms with E-state index >= 15 is 0 Å². The van der Waals surface area contributed by atoms with Gasteiger partial charge < -0.3 is 15.5 Å². The quantitative estimate of drug-likeness (QED) is 0.740. The SMILES string of the molecule is Cc1ccc(CNC(=O)C(=O)NCCc2ccc(N3CCCCCC3)cc2)cc1. The monoisotopic (exact) mass is 393 g/mol. The maximum atomic E-state index is 12.0. The molecular formula is C24H31N3O2. The highest BCUT2D eigenvalue weighted by Gasteiger charge is 2.13. The molecule has 1 aliphatic rings. The first-order valence-electron chi connectivity index (χ1n) is 10.6. The van der Waals surface area contributed by atoms with E-state index in [4.69, 9.17) is 0 Å². The van der Waals surface area contributed by atoms with Crippen LogP contribution in [-0.4, -0.2) is 31.4 Å². The summed E-state index contributed by atoms with van der Waals surface area (Å²) >= 11 is 0. The summed E-state index contributed by atoms with van der Waals surface area (Å²) in [5.41, 5.74) is 4.57. The maximum absolute atomic E-state index is 12.0. The summed E-state index contributed by atoms with van der Waals surface area (Å²) in [7, 11) is 0. The van der Waals surface area contributed by atoms with Gasteiger partial charge in [0.1, 0.15) is 0 Å². The van der Waals surface area contributed by atoms with Gasteiger partial charge in [-0.25, -0.2) is 0 Å². The van der Waals surface area contributed by atoms with Crippen molar-refractivity contribution < 1.29 is 9.59 Å². The van der Waals surface area contributed by atoms with Gasteiger partial charge in [0.2, 0.25) is 0 Å². The largest absolute Gasteiger partial charge is 0.372 e. The van der Waals surface area contributed by atoms with E-state index in [0.717, 1.165) is 29.8 Å². The summed E-state index contributed by atoms with van der Waals surface area (Å²) in [6.45, 7) is 5.07. The minimum Gasteiger partial charge on any atom is -0.372 e. The fourth-order valence-corrected chi connectivity index (χ4v) is 3.57. The second-order valence-corrected chi connectivity index (χ2v) is 7.74. The molecule has 2 aromatic carbocycles. The van der Waals surface area contributed by atoms with Gasteiger partial charge in [-0.05, 0) is 49.4 Å². The predicted octanol–water partition coefficient (Wildman–Crippen LogP) is 3.35. The second-order valence-electron chi connectivity index (χ2n) is 7.74. The first-order chi connectivity index (χ1) is 14.1. The van der Waals surface area contributed by atoms with Crippen LogP contribution >= 0.6 is 0 Å². The van der Waals surface area contributed by atoms with Crippen LogP contribution in [0.25, 0.3) is 0 Å². The van der Waals surface area contributed by atoms with Crippen LogP contribution in [0.3, 0.4) is 0 Å². The first kappa shape index (κ1) is 20.9. The van der Waals surface area contributed by atoms with Gasteiger partial charge in [-0.1, -0.05) is 54.8 Å². The van der Waals surface area contributed by atoms with Crippen LogP contribution in [0, 0.1) is 6.92 Å². The molecule has 0 unspecified atom stereocenters. The number of hydrogen-bond acceptors (Lipinski definition) is 3.